The van der Waals surface area contributed by atoms with Gasteiger partial charge in [0.05, 0.1) is 12.5 Å². The van der Waals surface area contributed by atoms with E-state index in [2.05, 4.69) is 32.2 Å². The summed E-state index contributed by atoms with van der Waals surface area (Å²) in [6.45, 7) is 4.94. The molecule has 2 amide bonds. The van der Waals surface area contributed by atoms with E-state index < -0.39 is 5.91 Å². The van der Waals surface area contributed by atoms with Crippen molar-refractivity contribution in [1.29, 1.82) is 0 Å². The van der Waals surface area contributed by atoms with E-state index in [4.69, 9.17) is 5.73 Å². The molecule has 0 aliphatic carbocycles. The number of amides is 2. The highest BCUT2D eigenvalue weighted by Gasteiger charge is 2.31. The number of carbonyl (C=O) groups excluding carboxylic acids is 2. The smallest absolute Gasteiger partial charge is 0.236 e. The number of hydrogen-bond donors (Lipinski definition) is 2. The van der Waals surface area contributed by atoms with Gasteiger partial charge in [-0.05, 0) is 63.0 Å². The van der Waals surface area contributed by atoms with E-state index in [1.54, 1.807) is 0 Å². The minimum absolute atomic E-state index is 0.0297. The van der Waals surface area contributed by atoms with Gasteiger partial charge in [-0.25, -0.2) is 0 Å². The monoisotopic (exact) mass is 359 g/mol. The first-order chi connectivity index (χ1) is 12.6. The highest BCUT2D eigenvalue weighted by molar-refractivity contribution is 5.85. The number of primary amides is 1. The number of nitrogens with two attached hydrogens (primary N) is 1. The van der Waals surface area contributed by atoms with Gasteiger partial charge in [-0.1, -0.05) is 0 Å². The van der Waals surface area contributed by atoms with Gasteiger partial charge in [-0.15, -0.1) is 0 Å². The fourth-order valence-electron chi connectivity index (χ4n) is 4.06. The number of piperidine rings is 2. The summed E-state index contributed by atoms with van der Waals surface area (Å²) in [5.41, 5.74) is 6.42. The minimum atomic E-state index is -0.493. The zero-order valence-corrected chi connectivity index (χ0v) is 15.3. The van der Waals surface area contributed by atoms with Gasteiger partial charge in [-0.2, -0.15) is 0 Å². The van der Waals surface area contributed by atoms with Crippen LogP contribution in [-0.4, -0.2) is 65.4 Å². The molecule has 2 aliphatic rings. The number of likely N-dealkylation sites (tertiary alicyclic amines) is 2. The van der Waals surface area contributed by atoms with Crippen LogP contribution in [0.2, 0.25) is 0 Å². The van der Waals surface area contributed by atoms with Crippen LogP contribution in [0.4, 0.5) is 0 Å². The second-order valence-corrected chi connectivity index (χ2v) is 7.38. The maximum Gasteiger partial charge on any atom is 0.236 e. The fourth-order valence-corrected chi connectivity index (χ4v) is 4.06. The van der Waals surface area contributed by atoms with Crippen LogP contribution in [0, 0.1) is 5.92 Å². The lowest BCUT2D eigenvalue weighted by atomic mass is 9.93. The first kappa shape index (κ1) is 18.8. The SMILES string of the molecule is NC(=O)CNC(=O)[C@@H]1CCCN(C2CCN(Cc3ccncc3)CC2)C1. The topological polar surface area (TPSA) is 91.6 Å². The zero-order valence-electron chi connectivity index (χ0n) is 15.3. The van der Waals surface area contributed by atoms with Crippen LogP contribution in [0.15, 0.2) is 24.5 Å². The van der Waals surface area contributed by atoms with E-state index in [-0.39, 0.29) is 18.4 Å². The first-order valence-corrected chi connectivity index (χ1v) is 9.53. The van der Waals surface area contributed by atoms with E-state index in [9.17, 15) is 9.59 Å². The number of nitrogens with one attached hydrogen (secondary N) is 1. The normalized spacial score (nSPS) is 22.8. The molecule has 2 aliphatic heterocycles. The van der Waals surface area contributed by atoms with Crippen molar-refractivity contribution in [1.82, 2.24) is 20.1 Å². The summed E-state index contributed by atoms with van der Waals surface area (Å²) < 4.78 is 0. The molecule has 7 nitrogen and oxygen atoms in total. The van der Waals surface area contributed by atoms with Gasteiger partial charge in [0.1, 0.15) is 0 Å². The van der Waals surface area contributed by atoms with E-state index >= 15 is 0 Å². The third-order valence-corrected chi connectivity index (χ3v) is 5.49. The summed E-state index contributed by atoms with van der Waals surface area (Å²) in [4.78, 5) is 32.1. The second kappa shape index (κ2) is 9.09. The Bertz CT molecular complexity index is 601. The van der Waals surface area contributed by atoms with E-state index in [0.29, 0.717) is 6.04 Å². The van der Waals surface area contributed by atoms with Crippen LogP contribution < -0.4 is 11.1 Å². The molecule has 2 saturated heterocycles. The molecule has 1 atom stereocenters. The first-order valence-electron chi connectivity index (χ1n) is 9.53. The molecule has 0 spiro atoms. The number of hydrogen-bond acceptors (Lipinski definition) is 5. The summed E-state index contributed by atoms with van der Waals surface area (Å²) in [7, 11) is 0. The van der Waals surface area contributed by atoms with Gasteiger partial charge in [0.25, 0.3) is 0 Å². The largest absolute Gasteiger partial charge is 0.368 e. The van der Waals surface area contributed by atoms with Crippen molar-refractivity contribution in [2.45, 2.75) is 38.3 Å². The van der Waals surface area contributed by atoms with Crippen LogP contribution >= 0.6 is 0 Å². The van der Waals surface area contributed by atoms with Gasteiger partial charge in [0.2, 0.25) is 11.8 Å². The average molecular weight is 359 g/mol. The molecule has 0 saturated carbocycles. The predicted molar refractivity (Wildman–Crippen MR) is 99.0 cm³/mol. The molecule has 0 radical (unpaired) electrons. The Morgan fingerprint density at radius 2 is 1.88 bits per heavy atom. The quantitative estimate of drug-likeness (QED) is 0.765. The van der Waals surface area contributed by atoms with Crippen LogP contribution in [0.1, 0.15) is 31.2 Å². The lowest BCUT2D eigenvalue weighted by molar-refractivity contribution is -0.129. The van der Waals surface area contributed by atoms with Crippen molar-refractivity contribution in [2.75, 3.05) is 32.7 Å². The number of carbonyl (C=O) groups is 2. The molecular formula is C19H29N5O2. The van der Waals surface area contributed by atoms with Gasteiger partial charge in [-0.3, -0.25) is 24.4 Å². The highest BCUT2D eigenvalue weighted by Crippen LogP contribution is 2.24. The molecule has 1 aromatic rings. The Balaban J connectivity index is 1.45. The Hall–Kier alpha value is -1.99. The van der Waals surface area contributed by atoms with Crippen molar-refractivity contribution < 1.29 is 9.59 Å². The zero-order chi connectivity index (χ0) is 18.4. The summed E-state index contributed by atoms with van der Waals surface area (Å²) in [5, 5.41) is 2.66. The lowest BCUT2D eigenvalue weighted by Gasteiger charge is -2.42. The lowest BCUT2D eigenvalue weighted by Crippen LogP contribution is -2.51. The van der Waals surface area contributed by atoms with E-state index in [1.165, 1.54) is 5.56 Å². The number of aromatic nitrogens is 1. The van der Waals surface area contributed by atoms with Gasteiger partial charge in [0, 0.05) is 31.5 Å². The van der Waals surface area contributed by atoms with Crippen LogP contribution in [0.25, 0.3) is 0 Å². The molecule has 2 fully saturated rings. The van der Waals surface area contributed by atoms with Crippen molar-refractivity contribution in [3.05, 3.63) is 30.1 Å². The molecule has 3 rings (SSSR count). The summed E-state index contributed by atoms with van der Waals surface area (Å²) in [6.07, 6.45) is 7.90. The standard InChI is InChI=1S/C19H29N5O2/c20-18(25)12-22-19(26)16-2-1-9-24(14-16)17-5-10-23(11-6-17)13-15-3-7-21-8-4-15/h3-4,7-8,16-17H,1-2,5-6,9-14H2,(H2,20,25)(H,22,26)/t16-/m1/s1. The van der Waals surface area contributed by atoms with Crippen molar-refractivity contribution in [2.24, 2.45) is 11.7 Å². The van der Waals surface area contributed by atoms with Gasteiger partial charge in [0.15, 0.2) is 0 Å². The maximum atomic E-state index is 12.2. The second-order valence-electron chi connectivity index (χ2n) is 7.38. The van der Waals surface area contributed by atoms with E-state index in [1.807, 2.05) is 12.4 Å². The summed E-state index contributed by atoms with van der Waals surface area (Å²) >= 11 is 0. The Kier molecular flexibility index (Phi) is 6.57. The number of nitrogens with zero attached hydrogens (tertiary/aromatic N) is 3. The van der Waals surface area contributed by atoms with Crippen LogP contribution in [-0.2, 0) is 16.1 Å². The molecule has 3 heterocycles. The molecular weight excluding hydrogens is 330 g/mol. The maximum absolute atomic E-state index is 12.2. The number of pyridine rings is 1. The van der Waals surface area contributed by atoms with Crippen LogP contribution in [0.3, 0.4) is 0 Å². The Labute approximate surface area is 154 Å². The van der Waals surface area contributed by atoms with Crippen molar-refractivity contribution >= 4 is 11.8 Å². The molecule has 26 heavy (non-hydrogen) atoms. The average Bonchev–Trinajstić information content (AvgIpc) is 2.67. The van der Waals surface area contributed by atoms with Gasteiger partial charge >= 0.3 is 0 Å². The Morgan fingerprint density at radius 3 is 2.58 bits per heavy atom. The Morgan fingerprint density at radius 1 is 1.15 bits per heavy atom. The van der Waals surface area contributed by atoms with Crippen molar-refractivity contribution in [3.63, 3.8) is 0 Å². The third-order valence-electron chi connectivity index (χ3n) is 5.49. The third kappa shape index (κ3) is 5.25. The molecule has 0 unspecified atom stereocenters. The predicted octanol–water partition coefficient (Wildman–Crippen LogP) is 0.360. The molecule has 1 aromatic heterocycles. The molecule has 3 N–H and O–H groups in total. The van der Waals surface area contributed by atoms with Gasteiger partial charge < -0.3 is 11.1 Å². The highest BCUT2D eigenvalue weighted by atomic mass is 16.2. The molecule has 142 valence electrons. The minimum Gasteiger partial charge on any atom is -0.368 e. The number of rotatable bonds is 6. The summed E-state index contributed by atoms with van der Waals surface area (Å²) in [6, 6.07) is 4.70. The molecule has 7 heteroatoms. The molecule has 0 aromatic carbocycles. The molecule has 0 bridgehead atoms. The van der Waals surface area contributed by atoms with E-state index in [0.717, 1.165) is 58.4 Å². The van der Waals surface area contributed by atoms with Crippen LogP contribution in [0.5, 0.6) is 0 Å². The van der Waals surface area contributed by atoms with Crippen molar-refractivity contribution in [3.8, 4) is 0 Å². The summed E-state index contributed by atoms with van der Waals surface area (Å²) in [5.74, 6) is -0.561. The fraction of sp³-hybridized carbons (Fsp3) is 0.632.